The van der Waals surface area contributed by atoms with Crippen molar-refractivity contribution in [3.05, 3.63) is 24.0 Å². The van der Waals surface area contributed by atoms with Crippen LogP contribution in [-0.4, -0.2) is 30.4 Å². The quantitative estimate of drug-likeness (QED) is 0.793. The Morgan fingerprint density at radius 1 is 1.55 bits per heavy atom. The van der Waals surface area contributed by atoms with Crippen LogP contribution in [0.5, 0.6) is 0 Å². The smallest absolute Gasteiger partial charge is 0.355 e. The molecule has 1 aromatic rings. The second kappa shape index (κ2) is 6.10. The molecule has 108 valence electrons. The molecule has 0 N–H and O–H groups in total. The van der Waals surface area contributed by atoms with Gasteiger partial charge in [0, 0.05) is 25.5 Å². The summed E-state index contributed by atoms with van der Waals surface area (Å²) in [5.74, 6) is -0.371. The Morgan fingerprint density at radius 2 is 2.25 bits per heavy atom. The lowest BCUT2D eigenvalue weighted by Crippen LogP contribution is -2.33. The first-order valence-corrected chi connectivity index (χ1v) is 6.91. The summed E-state index contributed by atoms with van der Waals surface area (Å²) in [4.78, 5) is 12.1. The summed E-state index contributed by atoms with van der Waals surface area (Å²) in [6.07, 6.45) is 3.08. The van der Waals surface area contributed by atoms with E-state index in [2.05, 4.69) is 6.07 Å². The predicted octanol–water partition coefficient (Wildman–Crippen LogP) is 2.55. The average molecular weight is 276 g/mol. The monoisotopic (exact) mass is 276 g/mol. The van der Waals surface area contributed by atoms with Crippen molar-refractivity contribution in [2.24, 2.45) is 5.41 Å². The number of nitrogens with zero attached hydrogens (tertiary/aromatic N) is 2. The molecule has 2 heterocycles. The van der Waals surface area contributed by atoms with Gasteiger partial charge in [0.1, 0.15) is 12.3 Å². The van der Waals surface area contributed by atoms with Crippen molar-refractivity contribution < 1.29 is 14.3 Å². The first kappa shape index (κ1) is 14.6. The minimum absolute atomic E-state index is 0.134. The molecule has 1 aliphatic rings. The first-order valence-electron chi connectivity index (χ1n) is 6.91. The number of esters is 1. The maximum atomic E-state index is 12.1. The Kier molecular flexibility index (Phi) is 4.46. The maximum absolute atomic E-state index is 12.1. The van der Waals surface area contributed by atoms with Crippen molar-refractivity contribution in [3.63, 3.8) is 0 Å². The maximum Gasteiger partial charge on any atom is 0.355 e. The molecule has 0 aliphatic carbocycles. The molecule has 20 heavy (non-hydrogen) atoms. The zero-order valence-corrected chi connectivity index (χ0v) is 12.0. The Balaban J connectivity index is 2.01. The van der Waals surface area contributed by atoms with Gasteiger partial charge in [-0.3, -0.25) is 0 Å². The number of hydrogen-bond acceptors (Lipinski definition) is 4. The van der Waals surface area contributed by atoms with Crippen molar-refractivity contribution in [2.45, 2.75) is 32.7 Å². The lowest BCUT2D eigenvalue weighted by Gasteiger charge is -2.29. The molecule has 1 fully saturated rings. The molecule has 2 rings (SSSR count). The molecule has 0 bridgehead atoms. The van der Waals surface area contributed by atoms with Crippen LogP contribution in [0.3, 0.4) is 0 Å². The molecular weight excluding hydrogens is 256 g/mol. The standard InChI is InChI=1S/C15H20N2O3/c1-12(2)17-7-3-4-13(17)14(18)20-11-15(10-16)5-8-19-9-6-15/h3-4,7,12H,5-6,8-9,11H2,1-2H3. The Labute approximate surface area is 119 Å². The van der Waals surface area contributed by atoms with E-state index < -0.39 is 5.41 Å². The molecule has 0 radical (unpaired) electrons. The van der Waals surface area contributed by atoms with E-state index in [0.717, 1.165) is 0 Å². The Bertz CT molecular complexity index is 507. The van der Waals surface area contributed by atoms with Gasteiger partial charge in [0.05, 0.1) is 11.5 Å². The zero-order chi connectivity index (χ0) is 14.6. The number of carbonyl (C=O) groups excluding carboxylic acids is 1. The summed E-state index contributed by atoms with van der Waals surface area (Å²) in [6, 6.07) is 6.05. The lowest BCUT2D eigenvalue weighted by molar-refractivity contribution is -0.00526. The van der Waals surface area contributed by atoms with Crippen LogP contribution in [-0.2, 0) is 9.47 Å². The van der Waals surface area contributed by atoms with Gasteiger partial charge < -0.3 is 14.0 Å². The molecule has 1 saturated heterocycles. The fourth-order valence-electron chi connectivity index (χ4n) is 2.35. The average Bonchev–Trinajstić information content (AvgIpc) is 2.95. The summed E-state index contributed by atoms with van der Waals surface area (Å²) >= 11 is 0. The summed E-state index contributed by atoms with van der Waals surface area (Å²) in [7, 11) is 0. The van der Waals surface area contributed by atoms with Crippen LogP contribution in [0.4, 0.5) is 0 Å². The van der Waals surface area contributed by atoms with Crippen LogP contribution in [0.2, 0.25) is 0 Å². The first-order chi connectivity index (χ1) is 9.58. The molecule has 0 atom stereocenters. The number of rotatable bonds is 4. The fourth-order valence-corrected chi connectivity index (χ4v) is 2.35. The zero-order valence-electron chi connectivity index (χ0n) is 12.0. The molecule has 0 saturated carbocycles. The Morgan fingerprint density at radius 3 is 2.85 bits per heavy atom. The normalized spacial score (nSPS) is 17.7. The third kappa shape index (κ3) is 3.02. The molecule has 5 heteroatoms. The van der Waals surface area contributed by atoms with E-state index in [1.54, 1.807) is 6.07 Å². The van der Waals surface area contributed by atoms with E-state index in [9.17, 15) is 10.1 Å². The van der Waals surface area contributed by atoms with Crippen LogP contribution in [0.25, 0.3) is 0 Å². The van der Waals surface area contributed by atoms with Gasteiger partial charge in [-0.2, -0.15) is 5.26 Å². The van der Waals surface area contributed by atoms with Crippen molar-refractivity contribution in [2.75, 3.05) is 19.8 Å². The molecule has 1 aromatic heterocycles. The number of carbonyl (C=O) groups is 1. The number of nitriles is 1. The van der Waals surface area contributed by atoms with Crippen molar-refractivity contribution in [1.29, 1.82) is 5.26 Å². The van der Waals surface area contributed by atoms with Crippen LogP contribution in [0.1, 0.15) is 43.2 Å². The Hall–Kier alpha value is -1.80. The molecule has 5 nitrogen and oxygen atoms in total. The highest BCUT2D eigenvalue weighted by atomic mass is 16.5. The van der Waals surface area contributed by atoms with E-state index in [4.69, 9.17) is 9.47 Å². The molecule has 0 amide bonds. The van der Waals surface area contributed by atoms with Gasteiger partial charge in [-0.25, -0.2) is 4.79 Å². The SMILES string of the molecule is CC(C)n1cccc1C(=O)OCC1(C#N)CCOCC1. The third-order valence-corrected chi connectivity index (χ3v) is 3.71. The second-order valence-corrected chi connectivity index (χ2v) is 5.48. The number of hydrogen-bond donors (Lipinski definition) is 0. The minimum atomic E-state index is -0.594. The van der Waals surface area contributed by atoms with E-state index in [1.165, 1.54) is 0 Å². The molecule has 1 aliphatic heterocycles. The largest absolute Gasteiger partial charge is 0.459 e. The van der Waals surface area contributed by atoms with Gasteiger partial charge in [0.15, 0.2) is 0 Å². The summed E-state index contributed by atoms with van der Waals surface area (Å²) in [6.45, 7) is 5.24. The lowest BCUT2D eigenvalue weighted by atomic mass is 9.83. The summed E-state index contributed by atoms with van der Waals surface area (Å²) < 4.78 is 12.5. The van der Waals surface area contributed by atoms with Crippen LogP contribution in [0, 0.1) is 16.7 Å². The third-order valence-electron chi connectivity index (χ3n) is 3.71. The molecule has 0 unspecified atom stereocenters. The highest BCUT2D eigenvalue weighted by molar-refractivity contribution is 5.87. The van der Waals surface area contributed by atoms with E-state index >= 15 is 0 Å². The van der Waals surface area contributed by atoms with E-state index in [0.29, 0.717) is 31.7 Å². The highest BCUT2D eigenvalue weighted by Gasteiger charge is 2.34. The second-order valence-electron chi connectivity index (χ2n) is 5.48. The molecule has 0 aromatic carbocycles. The van der Waals surface area contributed by atoms with Gasteiger partial charge >= 0.3 is 5.97 Å². The van der Waals surface area contributed by atoms with Gasteiger partial charge in [-0.15, -0.1) is 0 Å². The number of ether oxygens (including phenoxy) is 2. The van der Waals surface area contributed by atoms with Crippen LogP contribution >= 0.6 is 0 Å². The van der Waals surface area contributed by atoms with Crippen molar-refractivity contribution in [3.8, 4) is 6.07 Å². The van der Waals surface area contributed by atoms with E-state index in [1.807, 2.05) is 30.7 Å². The van der Waals surface area contributed by atoms with Gasteiger partial charge in [-0.1, -0.05) is 0 Å². The van der Waals surface area contributed by atoms with Gasteiger partial charge in [0.25, 0.3) is 0 Å². The van der Waals surface area contributed by atoms with Gasteiger partial charge in [-0.05, 0) is 38.8 Å². The molecule has 0 spiro atoms. The van der Waals surface area contributed by atoms with E-state index in [-0.39, 0.29) is 18.6 Å². The molecular formula is C15H20N2O3. The van der Waals surface area contributed by atoms with Crippen LogP contribution < -0.4 is 0 Å². The van der Waals surface area contributed by atoms with Gasteiger partial charge in [0.2, 0.25) is 0 Å². The highest BCUT2D eigenvalue weighted by Crippen LogP contribution is 2.30. The minimum Gasteiger partial charge on any atom is -0.459 e. The predicted molar refractivity (Wildman–Crippen MR) is 73.2 cm³/mol. The topological polar surface area (TPSA) is 64.2 Å². The summed E-state index contributed by atoms with van der Waals surface area (Å²) in [5.41, 5.74) is -0.0662. The fraction of sp³-hybridized carbons (Fsp3) is 0.600. The van der Waals surface area contributed by atoms with Crippen LogP contribution in [0.15, 0.2) is 18.3 Å². The van der Waals surface area contributed by atoms with Crippen molar-refractivity contribution >= 4 is 5.97 Å². The summed E-state index contributed by atoms with van der Waals surface area (Å²) in [5, 5.41) is 9.33. The number of aromatic nitrogens is 1. The van der Waals surface area contributed by atoms with Crippen molar-refractivity contribution in [1.82, 2.24) is 4.57 Å².